The zero-order valence-electron chi connectivity index (χ0n) is 7.33. The quantitative estimate of drug-likeness (QED) is 0.712. The topological polar surface area (TPSA) is 51.6 Å². The minimum absolute atomic E-state index is 0.605. The Morgan fingerprint density at radius 2 is 1.27 bits per heavy atom. The Bertz CT molecular complexity index is 395. The molecule has 0 unspecified atom stereocenters. The Labute approximate surface area is 97.8 Å². The van der Waals surface area contributed by atoms with Crippen molar-refractivity contribution in [3.63, 3.8) is 0 Å². The van der Waals surface area contributed by atoms with Crippen molar-refractivity contribution in [2.24, 2.45) is 0 Å². The third kappa shape index (κ3) is 2.33. The summed E-state index contributed by atoms with van der Waals surface area (Å²) < 4.78 is 1.21. The van der Waals surface area contributed by atoms with E-state index in [-0.39, 0.29) is 0 Å². The van der Waals surface area contributed by atoms with Crippen LogP contribution >= 0.6 is 18.8 Å². The molecule has 2 rings (SSSR count). The van der Waals surface area contributed by atoms with Crippen LogP contribution in [-0.2, 0) is 14.0 Å². The number of halogens is 2. The van der Waals surface area contributed by atoms with E-state index in [9.17, 15) is 0 Å². The van der Waals surface area contributed by atoms with E-state index in [4.69, 9.17) is 18.8 Å². The average Bonchev–Trinajstić information content (AvgIpc) is 2.31. The summed E-state index contributed by atoms with van der Waals surface area (Å²) in [5, 5.41) is 0. The molecule has 0 saturated heterocycles. The Morgan fingerprint density at radius 3 is 1.60 bits per heavy atom. The van der Waals surface area contributed by atoms with Crippen molar-refractivity contribution < 1.29 is 14.0 Å². The molecule has 7 heteroatoms. The second-order valence-electron chi connectivity index (χ2n) is 2.36. The van der Waals surface area contributed by atoms with Crippen LogP contribution in [0, 0.1) is 0 Å². The van der Waals surface area contributed by atoms with Gasteiger partial charge in [0.15, 0.2) is 0 Å². The van der Waals surface area contributed by atoms with Gasteiger partial charge in [-0.3, -0.25) is 0 Å². The summed E-state index contributed by atoms with van der Waals surface area (Å²) in [5.74, 6) is 0. The molecule has 0 radical (unpaired) electrons. The number of nitrogens with zero attached hydrogens (tertiary/aromatic N) is 4. The number of rotatable bonds is 2. The van der Waals surface area contributed by atoms with Crippen LogP contribution in [-0.4, -0.2) is 19.9 Å². The van der Waals surface area contributed by atoms with Gasteiger partial charge in [-0.2, -0.15) is 0 Å². The van der Waals surface area contributed by atoms with Crippen molar-refractivity contribution in [3.8, 4) is 0 Å². The zero-order valence-corrected chi connectivity index (χ0v) is 11.1. The monoisotopic (exact) mass is 423 g/mol. The van der Waals surface area contributed by atoms with Gasteiger partial charge >= 0.3 is 98.1 Å². The molecule has 0 aromatic carbocycles. The average molecular weight is 424 g/mol. The zero-order chi connectivity index (χ0) is 10.7. The summed E-state index contributed by atoms with van der Waals surface area (Å²) in [6.45, 7) is 0. The van der Waals surface area contributed by atoms with Crippen LogP contribution in [0.1, 0.15) is 0 Å². The normalized spacial score (nSPS) is 12.4. The summed E-state index contributed by atoms with van der Waals surface area (Å²) in [6.07, 6.45) is 9.43. The van der Waals surface area contributed by atoms with E-state index in [2.05, 4.69) is 19.9 Å². The maximum absolute atomic E-state index is 6.33. The molecule has 0 saturated carbocycles. The Balaban J connectivity index is 2.44. The molecule has 0 amide bonds. The number of aromatic nitrogens is 4. The van der Waals surface area contributed by atoms with Crippen LogP contribution in [0.2, 0.25) is 0 Å². The molecule has 2 heterocycles. The van der Waals surface area contributed by atoms with Gasteiger partial charge in [-0.25, -0.2) is 0 Å². The molecule has 4 nitrogen and oxygen atoms in total. The fraction of sp³-hybridized carbons (Fsp3) is 0. The standard InChI is InChI=1S/2C4H3N2.2ClH.Pt/c2*1-2-6-4-3-5-1;;;/h2*1-3H;2*1H;/q;;;;+2/p-2. The molecule has 0 spiro atoms. The SMILES string of the molecule is [Cl][Pt]([Cl])([c]1cnccn1)[c]1cnccn1. The molecule has 0 bridgehead atoms. The van der Waals surface area contributed by atoms with Crippen molar-refractivity contribution in [2.75, 3.05) is 0 Å². The predicted molar refractivity (Wildman–Crippen MR) is 55.0 cm³/mol. The summed E-state index contributed by atoms with van der Waals surface area (Å²) >= 11 is -3.32. The van der Waals surface area contributed by atoms with E-state index >= 15 is 0 Å². The Kier molecular flexibility index (Phi) is 3.29. The van der Waals surface area contributed by atoms with Gasteiger partial charge in [0.2, 0.25) is 0 Å². The van der Waals surface area contributed by atoms with Crippen molar-refractivity contribution >= 4 is 27.0 Å². The number of hydrogen-bond acceptors (Lipinski definition) is 4. The van der Waals surface area contributed by atoms with E-state index in [0.29, 0.717) is 8.17 Å². The molecule has 0 aliphatic rings. The second-order valence-corrected chi connectivity index (χ2v) is 14.2. The molecule has 0 N–H and O–H groups in total. The van der Waals surface area contributed by atoms with Gasteiger partial charge in [0.25, 0.3) is 0 Å². The third-order valence-electron chi connectivity index (χ3n) is 1.44. The van der Waals surface area contributed by atoms with E-state index in [1.54, 1.807) is 37.2 Å². The molecule has 2 aromatic heterocycles. The first-order valence-corrected chi connectivity index (χ1v) is 11.7. The summed E-state index contributed by atoms with van der Waals surface area (Å²) in [4.78, 5) is 16.1. The van der Waals surface area contributed by atoms with Gasteiger partial charge < -0.3 is 0 Å². The van der Waals surface area contributed by atoms with E-state index in [1.807, 2.05) is 0 Å². The predicted octanol–water partition coefficient (Wildman–Crippen LogP) is 0.679. The van der Waals surface area contributed by atoms with Gasteiger partial charge in [0.05, 0.1) is 0 Å². The molecule has 0 fully saturated rings. The summed E-state index contributed by atoms with van der Waals surface area (Å²) in [6, 6.07) is 0. The van der Waals surface area contributed by atoms with Gasteiger partial charge in [0, 0.05) is 0 Å². The van der Waals surface area contributed by atoms with Crippen LogP contribution in [0.15, 0.2) is 37.2 Å². The molecule has 15 heavy (non-hydrogen) atoms. The fourth-order valence-corrected chi connectivity index (χ4v) is 5.60. The summed E-state index contributed by atoms with van der Waals surface area (Å²) in [7, 11) is 12.7. The van der Waals surface area contributed by atoms with Crippen molar-refractivity contribution in [1.29, 1.82) is 0 Å². The third-order valence-corrected chi connectivity index (χ3v) is 9.55. The van der Waals surface area contributed by atoms with Gasteiger partial charge in [-0.15, -0.1) is 0 Å². The second kappa shape index (κ2) is 4.52. The molecule has 2 aromatic rings. The fourth-order valence-electron chi connectivity index (χ4n) is 0.831. The maximum atomic E-state index is 6.33. The first-order valence-electron chi connectivity index (χ1n) is 3.80. The van der Waals surface area contributed by atoms with Gasteiger partial charge in [-0.1, -0.05) is 0 Å². The molecular formula is C8H6Cl2N4Pt. The number of hydrogen-bond donors (Lipinski definition) is 0. The molecule has 82 valence electrons. The van der Waals surface area contributed by atoms with Crippen LogP contribution in [0.4, 0.5) is 0 Å². The van der Waals surface area contributed by atoms with Crippen LogP contribution < -0.4 is 8.17 Å². The van der Waals surface area contributed by atoms with Crippen LogP contribution in [0.5, 0.6) is 0 Å². The summed E-state index contributed by atoms with van der Waals surface area (Å²) in [5.41, 5.74) is 0. The molecule has 0 atom stereocenters. The van der Waals surface area contributed by atoms with Crippen LogP contribution in [0.25, 0.3) is 0 Å². The Morgan fingerprint density at radius 1 is 0.800 bits per heavy atom. The van der Waals surface area contributed by atoms with Crippen LogP contribution in [0.3, 0.4) is 0 Å². The van der Waals surface area contributed by atoms with Crippen molar-refractivity contribution in [1.82, 2.24) is 19.9 Å². The first kappa shape index (κ1) is 10.9. The van der Waals surface area contributed by atoms with Crippen molar-refractivity contribution in [3.05, 3.63) is 37.2 Å². The molecule has 0 aliphatic heterocycles. The molecular weight excluding hydrogens is 418 g/mol. The van der Waals surface area contributed by atoms with E-state index in [0.717, 1.165) is 0 Å². The minimum atomic E-state index is -3.32. The Hall–Kier alpha value is -0.572. The van der Waals surface area contributed by atoms with E-state index in [1.165, 1.54) is 0 Å². The van der Waals surface area contributed by atoms with E-state index < -0.39 is 14.0 Å². The first-order chi connectivity index (χ1) is 7.21. The van der Waals surface area contributed by atoms with Crippen molar-refractivity contribution in [2.45, 2.75) is 0 Å². The van der Waals surface area contributed by atoms with Gasteiger partial charge in [-0.05, 0) is 0 Å². The molecule has 0 aliphatic carbocycles. The van der Waals surface area contributed by atoms with Gasteiger partial charge in [0.1, 0.15) is 0 Å².